The molecule has 0 bridgehead atoms. The van der Waals surface area contributed by atoms with Gasteiger partial charge in [0, 0.05) is 35.7 Å². The quantitative estimate of drug-likeness (QED) is 0.462. The number of benzene rings is 1. The van der Waals surface area contributed by atoms with Crippen LogP contribution in [0.15, 0.2) is 17.1 Å². The van der Waals surface area contributed by atoms with Crippen LogP contribution in [0.3, 0.4) is 0 Å². The number of aliphatic hydroxyl groups is 1. The average molecular weight is 398 g/mol. The second-order valence-corrected chi connectivity index (χ2v) is 6.97. The minimum atomic E-state index is -3.00. The van der Waals surface area contributed by atoms with Crippen LogP contribution in [0.2, 0.25) is 10.0 Å². The molecule has 0 atom stereocenters. The van der Waals surface area contributed by atoms with E-state index in [0.29, 0.717) is 29.6 Å². The Hall–Kier alpha value is -1.31. The van der Waals surface area contributed by atoms with Crippen LogP contribution in [-0.4, -0.2) is 37.4 Å². The van der Waals surface area contributed by atoms with Crippen molar-refractivity contribution in [2.45, 2.75) is 33.9 Å². The molecule has 9 heteroatoms. The molecule has 0 aliphatic rings. The van der Waals surface area contributed by atoms with Crippen molar-refractivity contribution < 1.29 is 18.6 Å². The van der Waals surface area contributed by atoms with E-state index in [2.05, 4.69) is 20.4 Å². The van der Waals surface area contributed by atoms with Gasteiger partial charge in [0.05, 0.1) is 11.6 Å². The van der Waals surface area contributed by atoms with Crippen molar-refractivity contribution >= 4 is 29.2 Å². The smallest absolute Gasteiger partial charge is 0.387 e. The van der Waals surface area contributed by atoms with Crippen LogP contribution in [0.4, 0.5) is 8.78 Å². The zero-order valence-electron chi connectivity index (χ0n) is 14.4. The molecular weight excluding hydrogens is 375 g/mol. The first-order chi connectivity index (χ1) is 11.7. The Kier molecular flexibility index (Phi) is 8.68. The summed E-state index contributed by atoms with van der Waals surface area (Å²) in [5.41, 5.74) is 0.0101. The van der Waals surface area contributed by atoms with E-state index < -0.39 is 6.61 Å². The maximum absolute atomic E-state index is 12.6. The Balaban J connectivity index is 2.98. The molecule has 1 aromatic carbocycles. The highest BCUT2D eigenvalue weighted by Gasteiger charge is 2.18. The summed E-state index contributed by atoms with van der Waals surface area (Å²) in [6.45, 7) is 3.83. The van der Waals surface area contributed by atoms with Crippen LogP contribution in [0.1, 0.15) is 26.3 Å². The van der Waals surface area contributed by atoms with Gasteiger partial charge in [-0.25, -0.2) is 4.99 Å². The highest BCUT2D eigenvalue weighted by Crippen LogP contribution is 2.34. The number of nitrogens with zero attached hydrogens (tertiary/aromatic N) is 1. The Labute approximate surface area is 156 Å². The lowest BCUT2D eigenvalue weighted by molar-refractivity contribution is -0.0503. The lowest BCUT2D eigenvalue weighted by atomic mass is 9.95. The SMILES string of the molecule is CCNC(=NCc1cc(Cl)cc(Cl)c1OC(F)F)NCC(C)(C)CO. The zero-order valence-corrected chi connectivity index (χ0v) is 15.9. The monoisotopic (exact) mass is 397 g/mol. The van der Waals surface area contributed by atoms with Crippen LogP contribution in [-0.2, 0) is 6.54 Å². The van der Waals surface area contributed by atoms with Crippen molar-refractivity contribution in [2.24, 2.45) is 10.4 Å². The molecule has 0 amide bonds. The van der Waals surface area contributed by atoms with E-state index in [0.717, 1.165) is 0 Å². The molecule has 1 rings (SSSR count). The van der Waals surface area contributed by atoms with E-state index >= 15 is 0 Å². The fourth-order valence-corrected chi connectivity index (χ4v) is 2.42. The molecule has 0 heterocycles. The van der Waals surface area contributed by atoms with Crippen LogP contribution in [0.25, 0.3) is 0 Å². The molecule has 142 valence electrons. The molecule has 5 nitrogen and oxygen atoms in total. The summed E-state index contributed by atoms with van der Waals surface area (Å²) in [5.74, 6) is 0.333. The molecule has 0 aliphatic carbocycles. The van der Waals surface area contributed by atoms with E-state index in [1.54, 1.807) is 0 Å². The Morgan fingerprint density at radius 2 is 2.00 bits per heavy atom. The number of halogens is 4. The molecule has 0 fully saturated rings. The predicted molar refractivity (Wildman–Crippen MR) is 96.8 cm³/mol. The van der Waals surface area contributed by atoms with Crippen LogP contribution >= 0.6 is 23.2 Å². The second-order valence-electron chi connectivity index (χ2n) is 6.13. The van der Waals surface area contributed by atoms with Crippen molar-refractivity contribution in [2.75, 3.05) is 19.7 Å². The van der Waals surface area contributed by atoms with Crippen molar-refractivity contribution in [3.63, 3.8) is 0 Å². The first-order valence-electron chi connectivity index (χ1n) is 7.74. The Morgan fingerprint density at radius 3 is 2.56 bits per heavy atom. The molecule has 0 saturated heterocycles. The summed E-state index contributed by atoms with van der Waals surface area (Å²) < 4.78 is 29.7. The van der Waals surface area contributed by atoms with Gasteiger partial charge in [0.2, 0.25) is 0 Å². The molecular formula is C16H23Cl2F2N3O2. The van der Waals surface area contributed by atoms with Gasteiger partial charge in [-0.2, -0.15) is 8.78 Å². The third-order valence-corrected chi connectivity index (χ3v) is 3.71. The number of guanidine groups is 1. The number of alkyl halides is 2. The minimum Gasteiger partial charge on any atom is -0.433 e. The number of nitrogens with one attached hydrogen (secondary N) is 2. The fourth-order valence-electron chi connectivity index (χ4n) is 1.84. The van der Waals surface area contributed by atoms with Gasteiger partial charge in [0.1, 0.15) is 5.75 Å². The van der Waals surface area contributed by atoms with E-state index in [1.807, 2.05) is 20.8 Å². The summed E-state index contributed by atoms with van der Waals surface area (Å²) in [6.07, 6.45) is 0. The standard InChI is InChI=1S/C16H23Cl2F2N3O2/c1-4-21-15(23-8-16(2,3)9-24)22-7-10-5-11(17)6-12(18)13(10)25-14(19)20/h5-6,14,24H,4,7-9H2,1-3H3,(H2,21,22,23). The van der Waals surface area contributed by atoms with Gasteiger partial charge >= 0.3 is 6.61 Å². The van der Waals surface area contributed by atoms with Crippen molar-refractivity contribution in [3.8, 4) is 5.75 Å². The lowest BCUT2D eigenvalue weighted by Gasteiger charge is -2.23. The van der Waals surface area contributed by atoms with Gasteiger partial charge in [-0.05, 0) is 19.1 Å². The number of aliphatic imine (C=N–C) groups is 1. The number of hydrogen-bond acceptors (Lipinski definition) is 3. The van der Waals surface area contributed by atoms with Crippen molar-refractivity contribution in [3.05, 3.63) is 27.7 Å². The van der Waals surface area contributed by atoms with Crippen LogP contribution in [0, 0.1) is 5.41 Å². The van der Waals surface area contributed by atoms with Gasteiger partial charge < -0.3 is 20.5 Å². The highest BCUT2D eigenvalue weighted by atomic mass is 35.5. The van der Waals surface area contributed by atoms with Crippen molar-refractivity contribution in [1.82, 2.24) is 10.6 Å². The minimum absolute atomic E-state index is 0.00243. The maximum atomic E-state index is 12.6. The summed E-state index contributed by atoms with van der Waals surface area (Å²) in [6, 6.07) is 2.82. The molecule has 1 aromatic rings. The van der Waals surface area contributed by atoms with E-state index in [9.17, 15) is 13.9 Å². The van der Waals surface area contributed by atoms with E-state index in [-0.39, 0.29) is 29.3 Å². The summed E-state index contributed by atoms with van der Waals surface area (Å²) in [4.78, 5) is 4.34. The number of hydrogen-bond donors (Lipinski definition) is 3. The van der Waals surface area contributed by atoms with E-state index in [4.69, 9.17) is 23.2 Å². The van der Waals surface area contributed by atoms with Crippen molar-refractivity contribution in [1.29, 1.82) is 0 Å². The molecule has 0 unspecified atom stereocenters. The zero-order chi connectivity index (χ0) is 19.0. The number of rotatable bonds is 8. The van der Waals surface area contributed by atoms with Gasteiger partial charge in [-0.3, -0.25) is 0 Å². The first-order valence-corrected chi connectivity index (χ1v) is 8.50. The first kappa shape index (κ1) is 21.7. The molecule has 25 heavy (non-hydrogen) atoms. The third kappa shape index (κ3) is 7.63. The topological polar surface area (TPSA) is 65.9 Å². The van der Waals surface area contributed by atoms with Gasteiger partial charge in [-0.1, -0.05) is 37.0 Å². The summed E-state index contributed by atoms with van der Waals surface area (Å²) >= 11 is 11.9. The van der Waals surface area contributed by atoms with Gasteiger partial charge in [-0.15, -0.1) is 0 Å². The maximum Gasteiger partial charge on any atom is 0.387 e. The molecule has 0 radical (unpaired) electrons. The largest absolute Gasteiger partial charge is 0.433 e. The summed E-state index contributed by atoms with van der Waals surface area (Å²) in [5, 5.41) is 15.7. The highest BCUT2D eigenvalue weighted by molar-refractivity contribution is 6.35. The fraction of sp³-hybridized carbons (Fsp3) is 0.562. The van der Waals surface area contributed by atoms with E-state index in [1.165, 1.54) is 12.1 Å². The normalized spacial score (nSPS) is 12.4. The molecule has 0 aliphatic heterocycles. The number of aliphatic hydroxyl groups excluding tert-OH is 1. The molecule has 0 saturated carbocycles. The van der Waals surface area contributed by atoms with Gasteiger partial charge in [0.15, 0.2) is 5.96 Å². The Morgan fingerprint density at radius 1 is 1.32 bits per heavy atom. The second kappa shape index (κ2) is 9.99. The molecule has 3 N–H and O–H groups in total. The van der Waals surface area contributed by atoms with Crippen LogP contribution < -0.4 is 15.4 Å². The van der Waals surface area contributed by atoms with Crippen LogP contribution in [0.5, 0.6) is 5.75 Å². The summed E-state index contributed by atoms with van der Waals surface area (Å²) in [7, 11) is 0. The third-order valence-electron chi connectivity index (χ3n) is 3.21. The number of ether oxygens (including phenoxy) is 1. The molecule has 0 aromatic heterocycles. The predicted octanol–water partition coefficient (Wildman–Crippen LogP) is 3.67. The average Bonchev–Trinajstić information content (AvgIpc) is 2.52. The lowest BCUT2D eigenvalue weighted by Crippen LogP contribution is -2.43. The Bertz CT molecular complexity index is 599. The van der Waals surface area contributed by atoms with Gasteiger partial charge in [0.25, 0.3) is 0 Å². The molecule has 0 spiro atoms.